The van der Waals surface area contributed by atoms with Crippen LogP contribution in [0.5, 0.6) is 0 Å². The van der Waals surface area contributed by atoms with Crippen LogP contribution < -0.4 is 5.32 Å². The third kappa shape index (κ3) is 4.04. The first-order chi connectivity index (χ1) is 5.79. The largest absolute Gasteiger partial charge is 0.383 e. The van der Waals surface area contributed by atoms with Crippen LogP contribution in [0.25, 0.3) is 0 Å². The summed E-state index contributed by atoms with van der Waals surface area (Å²) < 4.78 is 10.6. The zero-order valence-corrected chi connectivity index (χ0v) is 8.59. The van der Waals surface area contributed by atoms with Gasteiger partial charge in [0.05, 0.1) is 18.8 Å². The standard InChI is InChI=1S/C9H21NO2/c1-5-9(12-6-2)8(10-3)7-11-4/h8-10H,5-7H2,1-4H3. The van der Waals surface area contributed by atoms with E-state index in [0.717, 1.165) is 13.0 Å². The molecule has 0 aliphatic rings. The second-order valence-electron chi connectivity index (χ2n) is 2.75. The minimum absolute atomic E-state index is 0.264. The lowest BCUT2D eigenvalue weighted by Crippen LogP contribution is -2.42. The Hall–Kier alpha value is -0.120. The highest BCUT2D eigenvalue weighted by Crippen LogP contribution is 2.04. The van der Waals surface area contributed by atoms with Crippen LogP contribution in [0.3, 0.4) is 0 Å². The van der Waals surface area contributed by atoms with Crippen molar-refractivity contribution < 1.29 is 9.47 Å². The summed E-state index contributed by atoms with van der Waals surface area (Å²) in [5, 5.41) is 3.19. The van der Waals surface area contributed by atoms with E-state index in [4.69, 9.17) is 9.47 Å². The fourth-order valence-electron chi connectivity index (χ4n) is 1.29. The van der Waals surface area contributed by atoms with Gasteiger partial charge in [-0.05, 0) is 20.4 Å². The fourth-order valence-corrected chi connectivity index (χ4v) is 1.29. The molecule has 0 heterocycles. The van der Waals surface area contributed by atoms with E-state index in [9.17, 15) is 0 Å². The highest BCUT2D eigenvalue weighted by molar-refractivity contribution is 4.73. The highest BCUT2D eigenvalue weighted by Gasteiger charge is 2.17. The molecule has 0 aliphatic heterocycles. The first-order valence-corrected chi connectivity index (χ1v) is 4.57. The summed E-state index contributed by atoms with van der Waals surface area (Å²) in [6, 6.07) is 0.306. The van der Waals surface area contributed by atoms with Crippen molar-refractivity contribution in [2.24, 2.45) is 0 Å². The summed E-state index contributed by atoms with van der Waals surface area (Å²) in [6.07, 6.45) is 1.28. The average Bonchev–Trinajstić information content (AvgIpc) is 2.11. The van der Waals surface area contributed by atoms with E-state index in [1.54, 1.807) is 7.11 Å². The average molecular weight is 175 g/mol. The van der Waals surface area contributed by atoms with Gasteiger partial charge in [-0.2, -0.15) is 0 Å². The van der Waals surface area contributed by atoms with Crippen molar-refractivity contribution in [1.82, 2.24) is 5.32 Å². The van der Waals surface area contributed by atoms with Gasteiger partial charge in [-0.25, -0.2) is 0 Å². The monoisotopic (exact) mass is 175 g/mol. The van der Waals surface area contributed by atoms with Crippen LogP contribution in [0.15, 0.2) is 0 Å². The van der Waals surface area contributed by atoms with Crippen molar-refractivity contribution in [3.8, 4) is 0 Å². The van der Waals surface area contributed by atoms with Gasteiger partial charge in [-0.15, -0.1) is 0 Å². The van der Waals surface area contributed by atoms with Crippen molar-refractivity contribution in [2.75, 3.05) is 27.4 Å². The lowest BCUT2D eigenvalue weighted by atomic mass is 10.1. The molecular formula is C9H21NO2. The van der Waals surface area contributed by atoms with Gasteiger partial charge in [0.15, 0.2) is 0 Å². The van der Waals surface area contributed by atoms with Crippen LogP contribution in [0.4, 0.5) is 0 Å². The van der Waals surface area contributed by atoms with Crippen molar-refractivity contribution >= 4 is 0 Å². The fraction of sp³-hybridized carbons (Fsp3) is 1.00. The van der Waals surface area contributed by atoms with Crippen LogP contribution in [0.2, 0.25) is 0 Å². The number of rotatable bonds is 7. The van der Waals surface area contributed by atoms with E-state index >= 15 is 0 Å². The van der Waals surface area contributed by atoms with Crippen LogP contribution in [0.1, 0.15) is 20.3 Å². The number of hydrogen-bond donors (Lipinski definition) is 1. The predicted molar refractivity (Wildman–Crippen MR) is 50.4 cm³/mol. The van der Waals surface area contributed by atoms with Gasteiger partial charge < -0.3 is 14.8 Å². The smallest absolute Gasteiger partial charge is 0.0747 e. The Balaban J connectivity index is 3.84. The van der Waals surface area contributed by atoms with E-state index in [2.05, 4.69) is 12.2 Å². The van der Waals surface area contributed by atoms with E-state index in [0.29, 0.717) is 12.6 Å². The number of ether oxygens (including phenoxy) is 2. The third-order valence-electron chi connectivity index (χ3n) is 1.95. The topological polar surface area (TPSA) is 30.5 Å². The van der Waals surface area contributed by atoms with Crippen LogP contribution in [0, 0.1) is 0 Å². The molecule has 0 fully saturated rings. The summed E-state index contributed by atoms with van der Waals surface area (Å²) in [5.74, 6) is 0. The number of nitrogens with one attached hydrogen (secondary N) is 1. The molecular weight excluding hydrogens is 154 g/mol. The Kier molecular flexibility index (Phi) is 7.45. The van der Waals surface area contributed by atoms with E-state index in [1.807, 2.05) is 14.0 Å². The van der Waals surface area contributed by atoms with E-state index in [1.165, 1.54) is 0 Å². The summed E-state index contributed by atoms with van der Waals surface area (Å²) in [4.78, 5) is 0. The Morgan fingerprint density at radius 1 is 1.33 bits per heavy atom. The zero-order valence-electron chi connectivity index (χ0n) is 8.59. The summed E-state index contributed by atoms with van der Waals surface area (Å²) in [7, 11) is 3.65. The maximum absolute atomic E-state index is 5.55. The molecule has 2 unspecified atom stereocenters. The zero-order chi connectivity index (χ0) is 9.40. The lowest BCUT2D eigenvalue weighted by Gasteiger charge is -2.24. The van der Waals surface area contributed by atoms with Gasteiger partial charge in [-0.1, -0.05) is 6.92 Å². The second kappa shape index (κ2) is 7.53. The minimum atomic E-state index is 0.264. The van der Waals surface area contributed by atoms with Gasteiger partial charge >= 0.3 is 0 Å². The highest BCUT2D eigenvalue weighted by atomic mass is 16.5. The molecule has 0 amide bonds. The van der Waals surface area contributed by atoms with Crippen molar-refractivity contribution in [2.45, 2.75) is 32.4 Å². The Morgan fingerprint density at radius 3 is 2.33 bits per heavy atom. The van der Waals surface area contributed by atoms with E-state index < -0.39 is 0 Å². The maximum Gasteiger partial charge on any atom is 0.0747 e. The molecule has 0 rings (SSSR count). The Bertz CT molecular complexity index is 86.5. The lowest BCUT2D eigenvalue weighted by molar-refractivity contribution is 0.00985. The molecule has 0 bridgehead atoms. The van der Waals surface area contributed by atoms with Crippen molar-refractivity contribution in [3.05, 3.63) is 0 Å². The second-order valence-corrected chi connectivity index (χ2v) is 2.75. The van der Waals surface area contributed by atoms with Gasteiger partial charge in [0.1, 0.15) is 0 Å². The molecule has 0 aromatic carbocycles. The number of likely N-dealkylation sites (N-methyl/N-ethyl adjacent to an activating group) is 1. The number of methoxy groups -OCH3 is 1. The molecule has 2 atom stereocenters. The SMILES string of the molecule is CCOC(CC)C(COC)NC. The van der Waals surface area contributed by atoms with Crippen molar-refractivity contribution in [1.29, 1.82) is 0 Å². The van der Waals surface area contributed by atoms with Crippen LogP contribution in [-0.2, 0) is 9.47 Å². The summed E-state index contributed by atoms with van der Waals surface area (Å²) in [5.41, 5.74) is 0. The third-order valence-corrected chi connectivity index (χ3v) is 1.95. The Morgan fingerprint density at radius 2 is 2.00 bits per heavy atom. The molecule has 0 radical (unpaired) electrons. The van der Waals surface area contributed by atoms with Crippen molar-refractivity contribution in [3.63, 3.8) is 0 Å². The van der Waals surface area contributed by atoms with Gasteiger partial charge in [0, 0.05) is 13.7 Å². The predicted octanol–water partition coefficient (Wildman–Crippen LogP) is 1.04. The first-order valence-electron chi connectivity index (χ1n) is 4.57. The molecule has 0 saturated heterocycles. The minimum Gasteiger partial charge on any atom is -0.383 e. The number of hydrogen-bond acceptors (Lipinski definition) is 3. The normalized spacial score (nSPS) is 16.0. The molecule has 0 aromatic rings. The molecule has 0 spiro atoms. The summed E-state index contributed by atoms with van der Waals surface area (Å²) >= 11 is 0. The first kappa shape index (κ1) is 11.9. The van der Waals surface area contributed by atoms with E-state index in [-0.39, 0.29) is 6.10 Å². The van der Waals surface area contributed by atoms with Gasteiger partial charge in [0.25, 0.3) is 0 Å². The van der Waals surface area contributed by atoms with Crippen LogP contribution in [-0.4, -0.2) is 39.5 Å². The molecule has 1 N–H and O–H groups in total. The van der Waals surface area contributed by atoms with Gasteiger partial charge in [0.2, 0.25) is 0 Å². The quantitative estimate of drug-likeness (QED) is 0.627. The molecule has 12 heavy (non-hydrogen) atoms. The van der Waals surface area contributed by atoms with Gasteiger partial charge in [-0.3, -0.25) is 0 Å². The maximum atomic E-state index is 5.55. The molecule has 0 aromatic heterocycles. The van der Waals surface area contributed by atoms with Crippen LogP contribution >= 0.6 is 0 Å². The molecule has 3 heteroatoms. The summed E-state index contributed by atoms with van der Waals surface area (Å²) in [6.45, 7) is 5.61. The molecule has 3 nitrogen and oxygen atoms in total. The molecule has 0 aliphatic carbocycles. The Labute approximate surface area is 75.4 Å². The molecule has 74 valence electrons. The molecule has 0 saturated carbocycles.